The number of benzene rings is 1. The smallest absolute Gasteiger partial charge is 0.107 e. The SMILES string of the molecule is Cc1nc(CNC(C)c2cccc(Cl)c2)sc1C. The van der Waals surface area contributed by atoms with Crippen molar-refractivity contribution in [1.82, 2.24) is 10.3 Å². The lowest BCUT2D eigenvalue weighted by Gasteiger charge is -2.13. The van der Waals surface area contributed by atoms with Crippen molar-refractivity contribution in [3.05, 3.63) is 50.4 Å². The largest absolute Gasteiger partial charge is 0.304 e. The van der Waals surface area contributed by atoms with Crippen LogP contribution in [-0.2, 0) is 6.54 Å². The Morgan fingerprint density at radius 2 is 2.17 bits per heavy atom. The van der Waals surface area contributed by atoms with Crippen LogP contribution in [0.4, 0.5) is 0 Å². The summed E-state index contributed by atoms with van der Waals surface area (Å²) >= 11 is 7.75. The Morgan fingerprint density at radius 1 is 1.39 bits per heavy atom. The lowest BCUT2D eigenvalue weighted by Crippen LogP contribution is -2.17. The normalized spacial score (nSPS) is 12.7. The van der Waals surface area contributed by atoms with Crippen LogP contribution in [0.1, 0.15) is 34.1 Å². The predicted molar refractivity (Wildman–Crippen MR) is 78.3 cm³/mol. The van der Waals surface area contributed by atoms with Gasteiger partial charge in [-0.2, -0.15) is 0 Å². The van der Waals surface area contributed by atoms with E-state index in [1.807, 2.05) is 18.2 Å². The minimum absolute atomic E-state index is 0.271. The molecule has 1 atom stereocenters. The molecule has 2 aromatic rings. The van der Waals surface area contributed by atoms with Crippen LogP contribution in [0.25, 0.3) is 0 Å². The summed E-state index contributed by atoms with van der Waals surface area (Å²) in [5.74, 6) is 0. The van der Waals surface area contributed by atoms with Gasteiger partial charge in [0.1, 0.15) is 5.01 Å². The number of rotatable bonds is 4. The topological polar surface area (TPSA) is 24.9 Å². The molecule has 2 rings (SSSR count). The van der Waals surface area contributed by atoms with Gasteiger partial charge in [-0.05, 0) is 38.5 Å². The zero-order chi connectivity index (χ0) is 13.1. The van der Waals surface area contributed by atoms with Gasteiger partial charge in [-0.15, -0.1) is 11.3 Å². The minimum atomic E-state index is 0.271. The first-order valence-corrected chi connectivity index (χ1v) is 7.17. The van der Waals surface area contributed by atoms with Crippen molar-refractivity contribution in [2.24, 2.45) is 0 Å². The maximum absolute atomic E-state index is 5.99. The highest BCUT2D eigenvalue weighted by atomic mass is 35.5. The first-order valence-electron chi connectivity index (χ1n) is 5.98. The van der Waals surface area contributed by atoms with Gasteiger partial charge in [0.05, 0.1) is 5.69 Å². The van der Waals surface area contributed by atoms with Crippen LogP contribution < -0.4 is 5.32 Å². The summed E-state index contributed by atoms with van der Waals surface area (Å²) < 4.78 is 0. The molecule has 0 aliphatic carbocycles. The molecule has 0 fully saturated rings. The number of nitrogens with zero attached hydrogens (tertiary/aromatic N) is 1. The summed E-state index contributed by atoms with van der Waals surface area (Å²) in [6.07, 6.45) is 0. The minimum Gasteiger partial charge on any atom is -0.304 e. The number of aromatic nitrogens is 1. The van der Waals surface area contributed by atoms with Gasteiger partial charge in [-0.3, -0.25) is 0 Å². The van der Waals surface area contributed by atoms with Gasteiger partial charge in [0.15, 0.2) is 0 Å². The van der Waals surface area contributed by atoms with Gasteiger partial charge in [0, 0.05) is 22.5 Å². The summed E-state index contributed by atoms with van der Waals surface area (Å²) in [4.78, 5) is 5.82. The van der Waals surface area contributed by atoms with Crippen LogP contribution in [-0.4, -0.2) is 4.98 Å². The number of hydrogen-bond donors (Lipinski definition) is 1. The molecule has 1 aromatic heterocycles. The van der Waals surface area contributed by atoms with E-state index >= 15 is 0 Å². The third-order valence-corrected chi connectivity index (χ3v) is 4.29. The molecule has 2 nitrogen and oxygen atoms in total. The summed E-state index contributed by atoms with van der Waals surface area (Å²) in [5, 5.41) is 5.39. The molecule has 1 N–H and O–H groups in total. The molecule has 18 heavy (non-hydrogen) atoms. The number of halogens is 1. The molecule has 0 aliphatic heterocycles. The molecular weight excluding hydrogens is 264 g/mol. The zero-order valence-electron chi connectivity index (χ0n) is 10.8. The van der Waals surface area contributed by atoms with E-state index in [2.05, 4.69) is 37.1 Å². The van der Waals surface area contributed by atoms with Crippen molar-refractivity contribution in [3.8, 4) is 0 Å². The molecule has 0 amide bonds. The summed E-state index contributed by atoms with van der Waals surface area (Å²) in [6.45, 7) is 7.10. The fraction of sp³-hybridized carbons (Fsp3) is 0.357. The van der Waals surface area contributed by atoms with Crippen molar-refractivity contribution in [2.75, 3.05) is 0 Å². The predicted octanol–water partition coefficient (Wildman–Crippen LogP) is 4.26. The summed E-state index contributed by atoms with van der Waals surface area (Å²) in [7, 11) is 0. The number of nitrogens with one attached hydrogen (secondary N) is 1. The Balaban J connectivity index is 1.98. The van der Waals surface area contributed by atoms with Crippen molar-refractivity contribution in [3.63, 3.8) is 0 Å². The zero-order valence-corrected chi connectivity index (χ0v) is 12.4. The Hall–Kier alpha value is -0.900. The van der Waals surface area contributed by atoms with E-state index in [0.717, 1.165) is 22.3 Å². The average molecular weight is 281 g/mol. The molecule has 0 spiro atoms. The standard InChI is InChI=1S/C14H17ClN2S/c1-9-11(3)18-14(17-9)8-16-10(2)12-5-4-6-13(15)7-12/h4-7,10,16H,8H2,1-3H3. The Morgan fingerprint density at radius 3 is 2.78 bits per heavy atom. The van der Waals surface area contributed by atoms with Crippen molar-refractivity contribution >= 4 is 22.9 Å². The van der Waals surface area contributed by atoms with Gasteiger partial charge in [0.25, 0.3) is 0 Å². The van der Waals surface area contributed by atoms with Gasteiger partial charge in [-0.25, -0.2) is 4.98 Å². The van der Waals surface area contributed by atoms with Gasteiger partial charge in [0.2, 0.25) is 0 Å². The monoisotopic (exact) mass is 280 g/mol. The van der Waals surface area contributed by atoms with Gasteiger partial charge < -0.3 is 5.32 Å². The lowest BCUT2D eigenvalue weighted by atomic mass is 10.1. The Labute approximate surface area is 117 Å². The summed E-state index contributed by atoms with van der Waals surface area (Å²) in [5.41, 5.74) is 2.33. The first-order chi connectivity index (χ1) is 8.56. The van der Waals surface area contributed by atoms with Gasteiger partial charge in [-0.1, -0.05) is 23.7 Å². The molecule has 0 saturated heterocycles. The van der Waals surface area contributed by atoms with Crippen LogP contribution in [0.5, 0.6) is 0 Å². The third-order valence-electron chi connectivity index (χ3n) is 2.98. The number of aryl methyl sites for hydroxylation is 2. The van der Waals surface area contributed by atoms with E-state index < -0.39 is 0 Å². The van der Waals surface area contributed by atoms with E-state index in [9.17, 15) is 0 Å². The van der Waals surface area contributed by atoms with Crippen molar-refractivity contribution in [1.29, 1.82) is 0 Å². The molecular formula is C14H17ClN2S. The average Bonchev–Trinajstić information content (AvgIpc) is 2.66. The van der Waals surface area contributed by atoms with E-state index in [0.29, 0.717) is 0 Å². The molecule has 0 saturated carbocycles. The molecule has 0 aliphatic rings. The molecule has 0 bridgehead atoms. The Bertz CT molecular complexity index is 517. The third kappa shape index (κ3) is 3.31. The lowest BCUT2D eigenvalue weighted by molar-refractivity contribution is 0.573. The highest BCUT2D eigenvalue weighted by molar-refractivity contribution is 7.11. The van der Waals surface area contributed by atoms with Crippen molar-refractivity contribution in [2.45, 2.75) is 33.4 Å². The maximum atomic E-state index is 5.99. The second-order valence-electron chi connectivity index (χ2n) is 4.41. The van der Waals surface area contributed by atoms with E-state index in [4.69, 9.17) is 11.6 Å². The molecule has 1 aromatic carbocycles. The van der Waals surface area contributed by atoms with Crippen LogP contribution >= 0.6 is 22.9 Å². The number of thiazole rings is 1. The first kappa shape index (κ1) is 13.5. The summed E-state index contributed by atoms with van der Waals surface area (Å²) in [6, 6.07) is 8.23. The quantitative estimate of drug-likeness (QED) is 0.905. The second kappa shape index (κ2) is 5.83. The van der Waals surface area contributed by atoms with Crippen molar-refractivity contribution < 1.29 is 0 Å². The molecule has 4 heteroatoms. The Kier molecular flexibility index (Phi) is 4.38. The van der Waals surface area contributed by atoms with Crippen LogP contribution in [0.3, 0.4) is 0 Å². The molecule has 1 heterocycles. The van der Waals surface area contributed by atoms with E-state index in [-0.39, 0.29) is 6.04 Å². The number of hydrogen-bond acceptors (Lipinski definition) is 3. The van der Waals surface area contributed by atoms with Crippen LogP contribution in [0, 0.1) is 13.8 Å². The van der Waals surface area contributed by atoms with Crippen LogP contribution in [0.15, 0.2) is 24.3 Å². The van der Waals surface area contributed by atoms with Gasteiger partial charge >= 0.3 is 0 Å². The molecule has 0 radical (unpaired) electrons. The second-order valence-corrected chi connectivity index (χ2v) is 6.13. The molecule has 1 unspecified atom stereocenters. The fourth-order valence-corrected chi connectivity index (χ4v) is 2.83. The molecule has 96 valence electrons. The highest BCUT2D eigenvalue weighted by Crippen LogP contribution is 2.20. The maximum Gasteiger partial charge on any atom is 0.107 e. The fourth-order valence-electron chi connectivity index (χ4n) is 1.75. The van der Waals surface area contributed by atoms with Crippen LogP contribution in [0.2, 0.25) is 5.02 Å². The van der Waals surface area contributed by atoms with E-state index in [1.54, 1.807) is 11.3 Å². The highest BCUT2D eigenvalue weighted by Gasteiger charge is 2.08. The van der Waals surface area contributed by atoms with E-state index in [1.165, 1.54) is 10.4 Å².